The minimum atomic E-state index is -0.150. The lowest BCUT2D eigenvalue weighted by Crippen LogP contribution is -2.26. The minimum absolute atomic E-state index is 0.102. The predicted molar refractivity (Wildman–Crippen MR) is 76.0 cm³/mol. The monoisotopic (exact) mass is 263 g/mol. The van der Waals surface area contributed by atoms with Crippen LogP contribution in [0.5, 0.6) is 0 Å². The average Bonchev–Trinajstić information content (AvgIpc) is 2.38. The summed E-state index contributed by atoms with van der Waals surface area (Å²) in [5.74, 6) is -0.253. The third kappa shape index (κ3) is 5.09. The van der Waals surface area contributed by atoms with Crippen molar-refractivity contribution in [1.82, 2.24) is 5.32 Å². The van der Waals surface area contributed by atoms with Gasteiger partial charge in [-0.25, -0.2) is 0 Å². The van der Waals surface area contributed by atoms with Crippen LogP contribution in [0.25, 0.3) is 0 Å². The highest BCUT2D eigenvalue weighted by molar-refractivity contribution is 5.95. The van der Waals surface area contributed by atoms with Crippen molar-refractivity contribution >= 4 is 17.5 Å². The third-order valence-corrected chi connectivity index (χ3v) is 2.76. The van der Waals surface area contributed by atoms with Crippen LogP contribution < -0.4 is 16.4 Å². The topological polar surface area (TPSA) is 84.2 Å². The smallest absolute Gasteiger partial charge is 0.251 e. The van der Waals surface area contributed by atoms with Crippen LogP contribution in [0.15, 0.2) is 24.3 Å². The molecule has 19 heavy (non-hydrogen) atoms. The van der Waals surface area contributed by atoms with E-state index in [2.05, 4.69) is 10.6 Å². The van der Waals surface area contributed by atoms with E-state index in [0.29, 0.717) is 17.7 Å². The number of nitrogens with two attached hydrogens (primary N) is 1. The van der Waals surface area contributed by atoms with Gasteiger partial charge in [0.05, 0.1) is 0 Å². The Balaban J connectivity index is 2.53. The van der Waals surface area contributed by atoms with E-state index in [1.807, 2.05) is 6.92 Å². The molecule has 1 atom stereocenters. The molecular formula is C14H21N3O2. The summed E-state index contributed by atoms with van der Waals surface area (Å²) in [6, 6.07) is 6.64. The Morgan fingerprint density at radius 2 is 1.89 bits per heavy atom. The first-order valence-electron chi connectivity index (χ1n) is 6.44. The summed E-state index contributed by atoms with van der Waals surface area (Å²) >= 11 is 0. The number of nitrogens with one attached hydrogen (secondary N) is 2. The standard InChI is InChI=1S/C14H21N3O2/c1-3-4-11(15)9-13(18)17-12-7-5-10(6-8-12)14(19)16-2/h5-8,11H,3-4,9,15H2,1-2H3,(H,16,19)(H,17,18). The lowest BCUT2D eigenvalue weighted by molar-refractivity contribution is -0.116. The van der Waals surface area contributed by atoms with E-state index in [0.717, 1.165) is 12.8 Å². The Morgan fingerprint density at radius 3 is 2.42 bits per heavy atom. The summed E-state index contributed by atoms with van der Waals surface area (Å²) in [5, 5.41) is 5.30. The molecule has 0 aliphatic carbocycles. The van der Waals surface area contributed by atoms with Crippen molar-refractivity contribution < 1.29 is 9.59 Å². The first kappa shape index (κ1) is 15.2. The fraction of sp³-hybridized carbons (Fsp3) is 0.429. The molecule has 0 bridgehead atoms. The lowest BCUT2D eigenvalue weighted by Gasteiger charge is -2.10. The maximum absolute atomic E-state index is 11.7. The highest BCUT2D eigenvalue weighted by Crippen LogP contribution is 2.10. The lowest BCUT2D eigenvalue weighted by atomic mass is 10.1. The number of anilines is 1. The molecule has 1 rings (SSSR count). The first-order chi connectivity index (χ1) is 9.06. The van der Waals surface area contributed by atoms with Crippen LogP contribution in [0, 0.1) is 0 Å². The number of amides is 2. The van der Waals surface area contributed by atoms with Crippen LogP contribution in [-0.4, -0.2) is 24.9 Å². The fourth-order valence-electron chi connectivity index (χ4n) is 1.77. The van der Waals surface area contributed by atoms with E-state index >= 15 is 0 Å². The molecule has 1 unspecified atom stereocenters. The van der Waals surface area contributed by atoms with Crippen molar-refractivity contribution in [2.75, 3.05) is 12.4 Å². The molecule has 1 aromatic rings. The Morgan fingerprint density at radius 1 is 1.26 bits per heavy atom. The highest BCUT2D eigenvalue weighted by atomic mass is 16.2. The number of hydrogen-bond acceptors (Lipinski definition) is 3. The second-order valence-corrected chi connectivity index (χ2v) is 4.46. The molecule has 0 saturated heterocycles. The molecule has 4 N–H and O–H groups in total. The maximum atomic E-state index is 11.7. The van der Waals surface area contributed by atoms with Gasteiger partial charge in [-0.3, -0.25) is 9.59 Å². The van der Waals surface area contributed by atoms with Crippen LogP contribution in [0.3, 0.4) is 0 Å². The normalized spacial score (nSPS) is 11.7. The van der Waals surface area contributed by atoms with Crippen molar-refractivity contribution in [2.45, 2.75) is 32.2 Å². The van der Waals surface area contributed by atoms with Gasteiger partial charge in [0, 0.05) is 30.8 Å². The number of carbonyl (C=O) groups is 2. The van der Waals surface area contributed by atoms with E-state index in [1.54, 1.807) is 31.3 Å². The third-order valence-electron chi connectivity index (χ3n) is 2.76. The van der Waals surface area contributed by atoms with Gasteiger partial charge in [0.1, 0.15) is 0 Å². The molecule has 0 heterocycles. The molecule has 0 aromatic heterocycles. The highest BCUT2D eigenvalue weighted by Gasteiger charge is 2.09. The van der Waals surface area contributed by atoms with Gasteiger partial charge < -0.3 is 16.4 Å². The van der Waals surface area contributed by atoms with Crippen LogP contribution in [0.2, 0.25) is 0 Å². The summed E-state index contributed by atoms with van der Waals surface area (Å²) < 4.78 is 0. The van der Waals surface area contributed by atoms with Gasteiger partial charge in [0.25, 0.3) is 5.91 Å². The number of hydrogen-bond donors (Lipinski definition) is 3. The van der Waals surface area contributed by atoms with Gasteiger partial charge in [-0.15, -0.1) is 0 Å². The molecule has 0 saturated carbocycles. The van der Waals surface area contributed by atoms with Crippen LogP contribution in [0.4, 0.5) is 5.69 Å². The second kappa shape index (κ2) is 7.53. The molecule has 104 valence electrons. The zero-order chi connectivity index (χ0) is 14.3. The van der Waals surface area contributed by atoms with Gasteiger partial charge in [0.2, 0.25) is 5.91 Å². The molecule has 0 aliphatic heterocycles. The SMILES string of the molecule is CCCC(N)CC(=O)Nc1ccc(C(=O)NC)cc1. The average molecular weight is 263 g/mol. The van der Waals surface area contributed by atoms with Crippen molar-refractivity contribution in [3.63, 3.8) is 0 Å². The summed E-state index contributed by atoms with van der Waals surface area (Å²) in [7, 11) is 1.58. The predicted octanol–water partition coefficient (Wildman–Crippen LogP) is 1.50. The van der Waals surface area contributed by atoms with Crippen LogP contribution in [0.1, 0.15) is 36.5 Å². The van der Waals surface area contributed by atoms with E-state index in [1.165, 1.54) is 0 Å². The van der Waals surface area contributed by atoms with Gasteiger partial charge in [-0.05, 0) is 30.7 Å². The van der Waals surface area contributed by atoms with Crippen molar-refractivity contribution in [3.05, 3.63) is 29.8 Å². The van der Waals surface area contributed by atoms with Gasteiger partial charge >= 0.3 is 0 Å². The Labute approximate surface area is 113 Å². The zero-order valence-corrected chi connectivity index (χ0v) is 11.4. The van der Waals surface area contributed by atoms with Gasteiger partial charge in [-0.1, -0.05) is 13.3 Å². The quantitative estimate of drug-likeness (QED) is 0.727. The molecule has 0 radical (unpaired) electrons. The molecule has 5 heteroatoms. The Kier molecular flexibility index (Phi) is 6.02. The van der Waals surface area contributed by atoms with E-state index in [4.69, 9.17) is 5.73 Å². The molecule has 0 spiro atoms. The molecule has 1 aromatic carbocycles. The Hall–Kier alpha value is -1.88. The van der Waals surface area contributed by atoms with Gasteiger partial charge in [-0.2, -0.15) is 0 Å². The summed E-state index contributed by atoms with van der Waals surface area (Å²) in [5.41, 5.74) is 7.03. The first-order valence-corrected chi connectivity index (χ1v) is 6.44. The summed E-state index contributed by atoms with van der Waals surface area (Å²) in [6.45, 7) is 2.04. The summed E-state index contributed by atoms with van der Waals surface area (Å²) in [6.07, 6.45) is 2.11. The summed E-state index contributed by atoms with van der Waals surface area (Å²) in [4.78, 5) is 23.1. The fourth-order valence-corrected chi connectivity index (χ4v) is 1.77. The molecular weight excluding hydrogens is 242 g/mol. The van der Waals surface area contributed by atoms with E-state index in [9.17, 15) is 9.59 Å². The molecule has 0 fully saturated rings. The van der Waals surface area contributed by atoms with Crippen LogP contribution in [-0.2, 0) is 4.79 Å². The molecule has 0 aliphatic rings. The van der Waals surface area contributed by atoms with Crippen LogP contribution >= 0.6 is 0 Å². The van der Waals surface area contributed by atoms with Crippen molar-refractivity contribution in [3.8, 4) is 0 Å². The molecule has 5 nitrogen and oxygen atoms in total. The number of rotatable bonds is 6. The Bertz CT molecular complexity index is 429. The zero-order valence-electron chi connectivity index (χ0n) is 11.4. The minimum Gasteiger partial charge on any atom is -0.355 e. The van der Waals surface area contributed by atoms with Crippen molar-refractivity contribution in [1.29, 1.82) is 0 Å². The maximum Gasteiger partial charge on any atom is 0.251 e. The number of carbonyl (C=O) groups excluding carboxylic acids is 2. The second-order valence-electron chi connectivity index (χ2n) is 4.46. The van der Waals surface area contributed by atoms with Crippen molar-refractivity contribution in [2.24, 2.45) is 5.73 Å². The van der Waals surface area contributed by atoms with E-state index in [-0.39, 0.29) is 17.9 Å². The van der Waals surface area contributed by atoms with E-state index < -0.39 is 0 Å². The molecule has 2 amide bonds. The number of benzene rings is 1. The largest absolute Gasteiger partial charge is 0.355 e. The van der Waals surface area contributed by atoms with Gasteiger partial charge in [0.15, 0.2) is 0 Å².